The zero-order chi connectivity index (χ0) is 57.9. The highest BCUT2D eigenvalue weighted by Crippen LogP contribution is 2.37. The van der Waals surface area contributed by atoms with Crippen molar-refractivity contribution >= 4 is 64.2 Å². The molecule has 3 aromatic rings. The molecule has 0 bridgehead atoms. The summed E-state index contributed by atoms with van der Waals surface area (Å²) in [6, 6.07) is 6.50. The topological polar surface area (TPSA) is 259 Å². The van der Waals surface area contributed by atoms with Gasteiger partial charge in [-0.3, -0.25) is 9.59 Å². The second-order valence-corrected chi connectivity index (χ2v) is 19.3. The second kappa shape index (κ2) is 28.9. The summed E-state index contributed by atoms with van der Waals surface area (Å²) in [6.45, 7) is 12.1. The van der Waals surface area contributed by atoms with Gasteiger partial charge >= 0.3 is 36.2 Å². The van der Waals surface area contributed by atoms with Crippen LogP contribution < -0.4 is 15.6 Å². The van der Waals surface area contributed by atoms with Crippen molar-refractivity contribution in [3.8, 4) is 0 Å². The number of hydrogen-bond donors (Lipinski definition) is 0. The zero-order valence-corrected chi connectivity index (χ0v) is 45.7. The molecule has 430 valence electrons. The van der Waals surface area contributed by atoms with Gasteiger partial charge in [0.1, 0.15) is 22.4 Å². The van der Waals surface area contributed by atoms with Crippen LogP contribution in [0.15, 0.2) is 52.4 Å². The molecule has 0 unspecified atom stereocenters. The van der Waals surface area contributed by atoms with E-state index < -0.39 is 98.5 Å². The number of methoxy groups -OCH3 is 4. The minimum Gasteiger partial charge on any atom is -0.440 e. The molecule has 0 aliphatic rings. The van der Waals surface area contributed by atoms with Gasteiger partial charge in [0, 0.05) is 35.4 Å². The number of imidazole rings is 1. The number of benzene rings is 2. The SMILES string of the molecule is COCCOCC(C)(C)OC(=O)N(/N=C(\C(C)=O)C(=O)N(C(=O)OC(C)(C)COCCOC)c1ccc2c(c1)n(C(=O)OC(C)(C)COCCOC)c(=O)n2C(=O)OC(C)(C)COCCOC)c1ccccc1C(F)(F)F. The van der Waals surface area contributed by atoms with E-state index in [9.17, 15) is 41.9 Å². The number of hydrazone groups is 1. The lowest BCUT2D eigenvalue weighted by Crippen LogP contribution is -2.48. The average Bonchev–Trinajstić information content (AvgIpc) is 3.62. The number of amides is 3. The first-order chi connectivity index (χ1) is 36.0. The molecule has 3 rings (SSSR count). The molecule has 2 aromatic carbocycles. The number of para-hydroxylation sites is 1. The molecular weight excluding hydrogens is 1030 g/mol. The standard InChI is InChI=1S/C50H70F3N5O19/c1-33(59)39(54-58(36-17-15-14-16-35(36)50(51,52)53)45(65)77-49(8,9)32-73-27-23-69-13)40(60)55(42(62)74-46(2,3)29-70-24-20-66-10)34-18-19-37-38(28-34)57(44(64)76-48(6,7)31-72-26-22-68-12)41(61)56(37)43(63)75-47(4,5)30-71-25-21-67-11/h14-19,28H,20-27,29-32H2,1-13H3/b54-39+. The lowest BCUT2D eigenvalue weighted by atomic mass is 10.1. The molecule has 0 N–H and O–H groups in total. The number of Topliss-reactive ketones (excluding diaryl/α,β-unsaturated/α-hetero) is 1. The Morgan fingerprint density at radius 2 is 0.948 bits per heavy atom. The van der Waals surface area contributed by atoms with Gasteiger partial charge in [-0.05, 0) is 85.7 Å². The Bertz CT molecular complexity index is 2590. The number of imide groups is 1. The van der Waals surface area contributed by atoms with E-state index in [-0.39, 0.29) is 94.7 Å². The summed E-state index contributed by atoms with van der Waals surface area (Å²) >= 11 is 0. The Balaban J connectivity index is 2.44. The van der Waals surface area contributed by atoms with Crippen LogP contribution in [0, 0.1) is 0 Å². The maximum absolute atomic E-state index is 15.1. The first kappa shape index (κ1) is 65.0. The van der Waals surface area contributed by atoms with Gasteiger partial charge in [-0.15, -0.1) is 0 Å². The maximum Gasteiger partial charge on any atom is 0.435 e. The molecule has 0 spiro atoms. The fourth-order valence-corrected chi connectivity index (χ4v) is 6.63. The van der Waals surface area contributed by atoms with Gasteiger partial charge in [0.05, 0.1) is 107 Å². The monoisotopic (exact) mass is 1100 g/mol. The van der Waals surface area contributed by atoms with E-state index in [1.54, 1.807) is 0 Å². The highest BCUT2D eigenvalue weighted by atomic mass is 19.4. The van der Waals surface area contributed by atoms with Crippen LogP contribution in [0.5, 0.6) is 0 Å². The molecule has 1 aromatic heterocycles. The van der Waals surface area contributed by atoms with Gasteiger partial charge in [-0.25, -0.2) is 28.9 Å². The molecule has 27 heteroatoms. The number of ketones is 1. The Labute approximate surface area is 443 Å². The molecule has 3 amide bonds. The van der Waals surface area contributed by atoms with Crippen molar-refractivity contribution in [3.05, 3.63) is 58.5 Å². The summed E-state index contributed by atoms with van der Waals surface area (Å²) < 4.78 is 110. The van der Waals surface area contributed by atoms with Crippen molar-refractivity contribution in [1.29, 1.82) is 0 Å². The fraction of sp³-hybridized carbons (Fsp3) is 0.600. The van der Waals surface area contributed by atoms with E-state index in [1.165, 1.54) is 83.8 Å². The lowest BCUT2D eigenvalue weighted by Gasteiger charge is -2.30. The third kappa shape index (κ3) is 19.6. The summed E-state index contributed by atoms with van der Waals surface area (Å²) in [4.78, 5) is 101. The maximum atomic E-state index is 15.1. The number of halogens is 3. The summed E-state index contributed by atoms with van der Waals surface area (Å²) in [6.07, 6.45) is -11.1. The quantitative estimate of drug-likeness (QED) is 0.0233. The number of hydrogen-bond acceptors (Lipinski definition) is 20. The third-order valence-corrected chi connectivity index (χ3v) is 10.2. The van der Waals surface area contributed by atoms with Crippen LogP contribution in [0.25, 0.3) is 11.0 Å². The summed E-state index contributed by atoms with van der Waals surface area (Å²) in [5, 5.41) is 3.92. The highest BCUT2D eigenvalue weighted by Gasteiger charge is 2.41. The number of alkyl halides is 3. The van der Waals surface area contributed by atoms with E-state index in [1.807, 2.05) is 0 Å². The molecule has 0 fully saturated rings. The van der Waals surface area contributed by atoms with Gasteiger partial charge in [0.25, 0.3) is 5.91 Å². The van der Waals surface area contributed by atoms with E-state index >= 15 is 4.79 Å². The fourth-order valence-electron chi connectivity index (χ4n) is 6.63. The van der Waals surface area contributed by atoms with Crippen LogP contribution in [0.3, 0.4) is 0 Å². The minimum atomic E-state index is -5.16. The van der Waals surface area contributed by atoms with Crippen molar-refractivity contribution in [2.75, 3.05) is 118 Å². The van der Waals surface area contributed by atoms with Crippen LogP contribution in [0.1, 0.15) is 67.9 Å². The highest BCUT2D eigenvalue weighted by molar-refractivity contribution is 6.69. The predicted molar refractivity (Wildman–Crippen MR) is 270 cm³/mol. The van der Waals surface area contributed by atoms with Crippen molar-refractivity contribution in [2.24, 2.45) is 5.10 Å². The van der Waals surface area contributed by atoms with Crippen LogP contribution in [-0.2, 0) is 72.6 Å². The molecule has 0 atom stereocenters. The van der Waals surface area contributed by atoms with Crippen LogP contribution in [-0.4, -0.2) is 181 Å². The van der Waals surface area contributed by atoms with Crippen LogP contribution in [0.4, 0.5) is 43.7 Å². The number of carbonyl (C=O) groups is 6. The van der Waals surface area contributed by atoms with E-state index in [0.29, 0.717) is 15.2 Å². The number of carbonyl (C=O) groups excluding carboxylic acids is 6. The van der Waals surface area contributed by atoms with E-state index in [0.717, 1.165) is 43.3 Å². The number of fused-ring (bicyclic) bond motifs is 1. The predicted octanol–water partition coefficient (Wildman–Crippen LogP) is 6.62. The van der Waals surface area contributed by atoms with Gasteiger partial charge in [0.15, 0.2) is 11.5 Å². The molecule has 77 heavy (non-hydrogen) atoms. The van der Waals surface area contributed by atoms with Gasteiger partial charge in [-0.2, -0.15) is 32.4 Å². The van der Waals surface area contributed by atoms with E-state index in [2.05, 4.69) is 5.10 Å². The molecule has 0 radical (unpaired) electrons. The average molecular weight is 1100 g/mol. The number of anilines is 2. The molecule has 24 nitrogen and oxygen atoms in total. The van der Waals surface area contributed by atoms with Crippen molar-refractivity contribution < 1.29 is 98.8 Å². The number of aromatic nitrogens is 2. The summed E-state index contributed by atoms with van der Waals surface area (Å²) in [5.41, 5.74) is -12.7. The third-order valence-electron chi connectivity index (χ3n) is 10.2. The zero-order valence-electron chi connectivity index (χ0n) is 45.7. The molecule has 0 aliphatic heterocycles. The normalized spacial score (nSPS) is 12.6. The smallest absolute Gasteiger partial charge is 0.435 e. The Hall–Kier alpha value is -6.33. The minimum absolute atomic E-state index is 0.0267. The first-order valence-electron chi connectivity index (χ1n) is 23.8. The Morgan fingerprint density at radius 1 is 0.545 bits per heavy atom. The van der Waals surface area contributed by atoms with Crippen molar-refractivity contribution in [2.45, 2.75) is 90.9 Å². The molecule has 0 saturated heterocycles. The van der Waals surface area contributed by atoms with Gasteiger partial charge in [-0.1, -0.05) is 12.1 Å². The molecule has 0 saturated carbocycles. The van der Waals surface area contributed by atoms with Crippen LogP contribution in [0.2, 0.25) is 0 Å². The van der Waals surface area contributed by atoms with Crippen LogP contribution >= 0.6 is 0 Å². The van der Waals surface area contributed by atoms with Crippen molar-refractivity contribution in [3.63, 3.8) is 0 Å². The Kier molecular flexibility index (Phi) is 24.4. The Morgan fingerprint density at radius 3 is 1.36 bits per heavy atom. The number of rotatable bonds is 29. The second-order valence-electron chi connectivity index (χ2n) is 19.3. The summed E-state index contributed by atoms with van der Waals surface area (Å²) in [5.74, 6) is -3.03. The number of nitrogens with zero attached hydrogens (tertiary/aromatic N) is 5. The lowest BCUT2D eigenvalue weighted by molar-refractivity contribution is -0.137. The van der Waals surface area contributed by atoms with Crippen molar-refractivity contribution in [1.82, 2.24) is 9.13 Å². The number of ether oxygens (including phenoxy) is 12. The molecule has 0 aliphatic carbocycles. The van der Waals surface area contributed by atoms with Gasteiger partial charge in [0.2, 0.25) is 0 Å². The summed E-state index contributed by atoms with van der Waals surface area (Å²) in [7, 11) is 5.74. The molecular formula is C50H70F3N5O19. The van der Waals surface area contributed by atoms with Gasteiger partial charge < -0.3 is 56.8 Å². The molecule has 1 heterocycles. The first-order valence-corrected chi connectivity index (χ1v) is 23.8. The van der Waals surface area contributed by atoms with E-state index in [4.69, 9.17) is 56.8 Å². The largest absolute Gasteiger partial charge is 0.440 e.